The first-order chi connectivity index (χ1) is 32.3. The maximum Gasteiger partial charge on any atom is 0.145 e. The molecule has 11 aromatic carbocycles. The number of para-hydroxylation sites is 2. The van der Waals surface area contributed by atoms with Crippen molar-refractivity contribution in [1.29, 1.82) is 0 Å². The molecule has 2 aromatic heterocycles. The van der Waals surface area contributed by atoms with E-state index >= 15 is 0 Å². The zero-order chi connectivity index (χ0) is 42.8. The molecule has 3 heteroatoms. The highest BCUT2D eigenvalue weighted by atomic mass is 16.3. The summed E-state index contributed by atoms with van der Waals surface area (Å²) in [6.07, 6.45) is 0. The lowest BCUT2D eigenvalue weighted by molar-refractivity contribution is 0.670. The van der Waals surface area contributed by atoms with Gasteiger partial charge in [-0.15, -0.1) is 0 Å². The van der Waals surface area contributed by atoms with E-state index in [9.17, 15) is 0 Å². The van der Waals surface area contributed by atoms with Gasteiger partial charge in [-0.25, -0.2) is 0 Å². The molecule has 2 heterocycles. The number of hydrogen-bond acceptors (Lipinski definition) is 3. The smallest absolute Gasteiger partial charge is 0.145 e. The van der Waals surface area contributed by atoms with Crippen molar-refractivity contribution in [2.75, 3.05) is 4.90 Å². The van der Waals surface area contributed by atoms with Crippen molar-refractivity contribution in [3.05, 3.63) is 237 Å². The molecular formula is C62H39NO2. The summed E-state index contributed by atoms with van der Waals surface area (Å²) in [7, 11) is 0. The molecule has 0 saturated heterocycles. The van der Waals surface area contributed by atoms with E-state index < -0.39 is 0 Å². The van der Waals surface area contributed by atoms with Crippen molar-refractivity contribution in [3.8, 4) is 44.5 Å². The average Bonchev–Trinajstić information content (AvgIpc) is 3.97. The van der Waals surface area contributed by atoms with Crippen LogP contribution in [0, 0.1) is 0 Å². The topological polar surface area (TPSA) is 29.5 Å². The molecule has 0 unspecified atom stereocenters. The molecule has 0 bridgehead atoms. The SMILES string of the molecule is c1ccc(-c2c(-c3cccc(N(c4ccc(-c5ccccc5)c5oc6ccccc6c45)c4ccc(-c5ccccc5)c5oc6ccccc6c45)c3)c3ccccc3c3ccccc23)cc1. The summed E-state index contributed by atoms with van der Waals surface area (Å²) in [6.45, 7) is 0. The van der Waals surface area contributed by atoms with Crippen molar-refractivity contribution < 1.29 is 8.83 Å². The third kappa shape index (κ3) is 5.90. The van der Waals surface area contributed by atoms with Crippen LogP contribution in [0.25, 0.3) is 110 Å². The number of anilines is 3. The Morgan fingerprint density at radius 1 is 0.277 bits per heavy atom. The maximum atomic E-state index is 6.92. The van der Waals surface area contributed by atoms with Gasteiger partial charge >= 0.3 is 0 Å². The fraction of sp³-hybridized carbons (Fsp3) is 0. The van der Waals surface area contributed by atoms with Crippen molar-refractivity contribution in [1.82, 2.24) is 0 Å². The Kier molecular flexibility index (Phi) is 8.53. The summed E-state index contributed by atoms with van der Waals surface area (Å²) >= 11 is 0. The van der Waals surface area contributed by atoms with E-state index in [2.05, 4.69) is 241 Å². The van der Waals surface area contributed by atoms with Crippen LogP contribution < -0.4 is 4.90 Å². The lowest BCUT2D eigenvalue weighted by atomic mass is 9.85. The van der Waals surface area contributed by atoms with E-state index in [1.807, 2.05) is 0 Å². The Morgan fingerprint density at radius 2 is 0.662 bits per heavy atom. The van der Waals surface area contributed by atoms with Gasteiger partial charge in [0.05, 0.1) is 22.1 Å². The quantitative estimate of drug-likeness (QED) is 0.150. The van der Waals surface area contributed by atoms with Crippen LogP contribution >= 0.6 is 0 Å². The Balaban J connectivity index is 1.16. The number of benzene rings is 11. The van der Waals surface area contributed by atoms with Gasteiger partial charge in [0.15, 0.2) is 0 Å². The Morgan fingerprint density at radius 3 is 1.15 bits per heavy atom. The second-order valence-electron chi connectivity index (χ2n) is 16.7. The van der Waals surface area contributed by atoms with Crippen LogP contribution in [0.3, 0.4) is 0 Å². The van der Waals surface area contributed by atoms with Gasteiger partial charge in [-0.2, -0.15) is 0 Å². The van der Waals surface area contributed by atoms with Gasteiger partial charge in [-0.3, -0.25) is 0 Å². The summed E-state index contributed by atoms with van der Waals surface area (Å²) in [5.41, 5.74) is 15.4. The largest absolute Gasteiger partial charge is 0.455 e. The third-order valence-electron chi connectivity index (χ3n) is 13.0. The Bertz CT molecular complexity index is 3780. The van der Waals surface area contributed by atoms with Crippen molar-refractivity contribution in [3.63, 3.8) is 0 Å². The molecule has 0 fully saturated rings. The first-order valence-electron chi connectivity index (χ1n) is 22.2. The lowest BCUT2D eigenvalue weighted by Gasteiger charge is -2.28. The van der Waals surface area contributed by atoms with Gasteiger partial charge < -0.3 is 13.7 Å². The number of rotatable bonds is 7. The summed E-state index contributed by atoms with van der Waals surface area (Å²) in [5.74, 6) is 0. The fourth-order valence-electron chi connectivity index (χ4n) is 10.2. The molecule has 3 nitrogen and oxygen atoms in total. The monoisotopic (exact) mass is 829 g/mol. The van der Waals surface area contributed by atoms with Crippen molar-refractivity contribution >= 4 is 82.5 Å². The van der Waals surface area contributed by atoms with Crippen LogP contribution in [0.4, 0.5) is 17.1 Å². The Hall–Kier alpha value is -8.66. The summed E-state index contributed by atoms with van der Waals surface area (Å²) in [5, 5.41) is 9.09. The predicted molar refractivity (Wildman–Crippen MR) is 272 cm³/mol. The molecule has 0 atom stereocenters. The standard InChI is InChI=1S/C62H39NO2/c1-4-19-40(20-5-1)45-35-37-53(59-51-31-14-16-33-55(51)64-61(45)59)63(54-38-36-46(41-21-6-2-7-22-41)62-60(54)52-32-15-17-34-56(52)65-62)44-26-18-25-43(39-44)58-50-30-13-11-28-48(50)47-27-10-12-29-49(47)57(58)42-23-8-3-9-24-42/h1-39H. The van der Waals surface area contributed by atoms with Crippen LogP contribution in [-0.2, 0) is 0 Å². The minimum atomic E-state index is 0.842. The molecule has 0 amide bonds. The molecule has 0 aliphatic carbocycles. The lowest BCUT2D eigenvalue weighted by Crippen LogP contribution is -2.11. The van der Waals surface area contributed by atoms with E-state index in [1.165, 1.54) is 38.2 Å². The van der Waals surface area contributed by atoms with Crippen LogP contribution in [0.5, 0.6) is 0 Å². The third-order valence-corrected chi connectivity index (χ3v) is 13.0. The van der Waals surface area contributed by atoms with Gasteiger partial charge in [-0.05, 0) is 103 Å². The molecule has 0 saturated carbocycles. The van der Waals surface area contributed by atoms with Gasteiger partial charge in [0.2, 0.25) is 0 Å². The van der Waals surface area contributed by atoms with E-state index in [-0.39, 0.29) is 0 Å². The minimum Gasteiger partial charge on any atom is -0.455 e. The maximum absolute atomic E-state index is 6.92. The molecule has 65 heavy (non-hydrogen) atoms. The highest BCUT2D eigenvalue weighted by Gasteiger charge is 2.27. The number of nitrogens with zero attached hydrogens (tertiary/aromatic N) is 1. The van der Waals surface area contributed by atoms with E-state index in [0.717, 1.165) is 88.8 Å². The van der Waals surface area contributed by atoms with Crippen LogP contribution in [0.15, 0.2) is 245 Å². The van der Waals surface area contributed by atoms with Gasteiger partial charge in [0.1, 0.15) is 22.3 Å². The summed E-state index contributed by atoms with van der Waals surface area (Å²) < 4.78 is 13.8. The number of hydrogen-bond donors (Lipinski definition) is 0. The first-order valence-corrected chi connectivity index (χ1v) is 22.2. The van der Waals surface area contributed by atoms with E-state index in [4.69, 9.17) is 8.83 Å². The minimum absolute atomic E-state index is 0.842. The second kappa shape index (κ2) is 15.0. The molecule has 0 N–H and O–H groups in total. The molecule has 0 spiro atoms. The van der Waals surface area contributed by atoms with Crippen molar-refractivity contribution in [2.24, 2.45) is 0 Å². The normalized spacial score (nSPS) is 11.7. The van der Waals surface area contributed by atoms with Crippen LogP contribution in [0.2, 0.25) is 0 Å². The fourth-order valence-corrected chi connectivity index (χ4v) is 10.2. The molecule has 13 aromatic rings. The highest BCUT2D eigenvalue weighted by Crippen LogP contribution is 2.52. The van der Waals surface area contributed by atoms with Gasteiger partial charge in [0, 0.05) is 27.6 Å². The molecule has 0 radical (unpaired) electrons. The highest BCUT2D eigenvalue weighted by molar-refractivity contribution is 6.23. The second-order valence-corrected chi connectivity index (χ2v) is 16.7. The molecule has 13 rings (SSSR count). The predicted octanol–water partition coefficient (Wildman–Crippen LogP) is 17.9. The van der Waals surface area contributed by atoms with E-state index in [0.29, 0.717) is 0 Å². The van der Waals surface area contributed by atoms with Crippen LogP contribution in [0.1, 0.15) is 0 Å². The Labute approximate surface area is 375 Å². The molecule has 304 valence electrons. The zero-order valence-corrected chi connectivity index (χ0v) is 35.3. The average molecular weight is 830 g/mol. The number of fused-ring (bicyclic) bond motifs is 9. The molecular weight excluding hydrogens is 791 g/mol. The number of furan rings is 2. The van der Waals surface area contributed by atoms with Gasteiger partial charge in [0.25, 0.3) is 0 Å². The molecule has 0 aliphatic heterocycles. The summed E-state index contributed by atoms with van der Waals surface area (Å²) in [4.78, 5) is 2.44. The van der Waals surface area contributed by atoms with E-state index in [1.54, 1.807) is 0 Å². The van der Waals surface area contributed by atoms with Crippen molar-refractivity contribution in [2.45, 2.75) is 0 Å². The first kappa shape index (κ1) is 36.9. The zero-order valence-electron chi connectivity index (χ0n) is 35.3. The van der Waals surface area contributed by atoms with Crippen LogP contribution in [-0.4, -0.2) is 0 Å². The summed E-state index contributed by atoms with van der Waals surface area (Å²) in [6, 6.07) is 84.6. The molecule has 0 aliphatic rings. The van der Waals surface area contributed by atoms with Gasteiger partial charge in [-0.1, -0.05) is 188 Å².